The molecule has 0 amide bonds. The van der Waals surface area contributed by atoms with Gasteiger partial charge in [-0.25, -0.2) is 4.39 Å². The fourth-order valence-electron chi connectivity index (χ4n) is 4.98. The zero-order valence-corrected chi connectivity index (χ0v) is 21.1. The Morgan fingerprint density at radius 1 is 1.13 bits per heavy atom. The summed E-state index contributed by atoms with van der Waals surface area (Å²) in [7, 11) is 0. The highest BCUT2D eigenvalue weighted by Crippen LogP contribution is 2.35. The molecule has 0 spiro atoms. The largest absolute Gasteiger partial charge is 0.484 e. The van der Waals surface area contributed by atoms with Gasteiger partial charge in [0.1, 0.15) is 35.0 Å². The number of anilines is 1. The highest BCUT2D eigenvalue weighted by atomic mass is 19.1. The van der Waals surface area contributed by atoms with E-state index in [9.17, 15) is 14.5 Å². The predicted molar refractivity (Wildman–Crippen MR) is 136 cm³/mol. The first-order valence-corrected chi connectivity index (χ1v) is 12.9. The summed E-state index contributed by atoms with van der Waals surface area (Å²) in [5.74, 6) is 1.34. The highest BCUT2D eigenvalue weighted by molar-refractivity contribution is 5.87. The van der Waals surface area contributed by atoms with Crippen LogP contribution in [0.2, 0.25) is 0 Å². The number of pyridine rings is 2. The molecule has 1 saturated heterocycles. The van der Waals surface area contributed by atoms with Crippen molar-refractivity contribution < 1.29 is 27.9 Å². The second kappa shape index (κ2) is 10.8. The second-order valence-electron chi connectivity index (χ2n) is 9.60. The number of ether oxygens (including phenoxy) is 3. The topological polar surface area (TPSA) is 131 Å². The summed E-state index contributed by atoms with van der Waals surface area (Å²) in [4.78, 5) is 21.9. The number of hydrogen-bond acceptors (Lipinski definition) is 10. The van der Waals surface area contributed by atoms with E-state index >= 15 is 0 Å². The highest BCUT2D eigenvalue weighted by Gasteiger charge is 2.26. The fourth-order valence-corrected chi connectivity index (χ4v) is 4.98. The Labute approximate surface area is 222 Å². The van der Waals surface area contributed by atoms with Crippen LogP contribution in [-0.2, 0) is 11.3 Å². The van der Waals surface area contributed by atoms with E-state index in [2.05, 4.69) is 15.0 Å². The monoisotopic (exact) mass is 538 g/mol. The van der Waals surface area contributed by atoms with Gasteiger partial charge in [-0.05, 0) is 37.8 Å². The Morgan fingerprint density at radius 3 is 2.67 bits per heavy atom. The van der Waals surface area contributed by atoms with Crippen molar-refractivity contribution in [2.75, 3.05) is 31.2 Å². The van der Waals surface area contributed by atoms with Crippen LogP contribution >= 0.6 is 0 Å². The maximum Gasteiger partial charge on any atom is 0.433 e. The van der Waals surface area contributed by atoms with Crippen molar-refractivity contribution in [3.8, 4) is 11.6 Å². The van der Waals surface area contributed by atoms with Gasteiger partial charge >= 0.3 is 5.88 Å². The summed E-state index contributed by atoms with van der Waals surface area (Å²) >= 11 is 0. The molecule has 4 aromatic rings. The lowest BCUT2D eigenvalue weighted by Crippen LogP contribution is -2.36. The molecule has 0 radical (unpaired) electrons. The Morgan fingerprint density at radius 2 is 1.95 bits per heavy atom. The van der Waals surface area contributed by atoms with E-state index in [1.807, 2.05) is 12.1 Å². The van der Waals surface area contributed by atoms with Crippen molar-refractivity contribution in [3.63, 3.8) is 0 Å². The summed E-state index contributed by atoms with van der Waals surface area (Å²) in [6.07, 6.45) is 7.38. The lowest BCUT2D eigenvalue weighted by atomic mass is 9.93. The molecule has 0 unspecified atom stereocenters. The molecular weight excluding hydrogens is 511 g/mol. The average molecular weight is 539 g/mol. The van der Waals surface area contributed by atoms with Crippen molar-refractivity contribution in [2.45, 2.75) is 44.4 Å². The first-order valence-electron chi connectivity index (χ1n) is 12.9. The number of furan rings is 1. The van der Waals surface area contributed by atoms with Gasteiger partial charge in [0.05, 0.1) is 54.8 Å². The van der Waals surface area contributed by atoms with Crippen LogP contribution in [0.5, 0.6) is 11.6 Å². The van der Waals surface area contributed by atoms with Gasteiger partial charge < -0.3 is 23.5 Å². The lowest BCUT2D eigenvalue weighted by Gasteiger charge is -2.30. The van der Waals surface area contributed by atoms with Crippen LogP contribution in [0, 0.1) is 15.9 Å². The third-order valence-electron chi connectivity index (χ3n) is 7.02. The van der Waals surface area contributed by atoms with E-state index in [0.29, 0.717) is 41.5 Å². The van der Waals surface area contributed by atoms with E-state index in [1.165, 1.54) is 24.5 Å². The molecule has 204 valence electrons. The van der Waals surface area contributed by atoms with Crippen molar-refractivity contribution >= 4 is 22.6 Å². The zero-order valence-electron chi connectivity index (χ0n) is 21.1. The number of nitrogens with zero attached hydrogens (tertiary/aromatic N) is 6. The van der Waals surface area contributed by atoms with E-state index in [0.717, 1.165) is 44.6 Å². The summed E-state index contributed by atoms with van der Waals surface area (Å²) < 4.78 is 38.1. The van der Waals surface area contributed by atoms with Crippen LogP contribution in [0.25, 0.3) is 10.9 Å². The van der Waals surface area contributed by atoms with E-state index in [1.54, 1.807) is 10.9 Å². The summed E-state index contributed by atoms with van der Waals surface area (Å²) in [5, 5.41) is 15.7. The maximum atomic E-state index is 13.4. The SMILES string of the molecule is O=[N+]([O-])c1ccc(COc2cnc3cc(N4CCOCC4)nc(OC4CCC(n5cc(F)cn5)CC4)c3c2)o1. The first-order chi connectivity index (χ1) is 19.0. The van der Waals surface area contributed by atoms with E-state index in [4.69, 9.17) is 23.6 Å². The van der Waals surface area contributed by atoms with Gasteiger partial charge in [-0.1, -0.05) is 0 Å². The number of aromatic nitrogens is 4. The third kappa shape index (κ3) is 5.62. The van der Waals surface area contributed by atoms with Gasteiger partial charge in [0.2, 0.25) is 5.88 Å². The van der Waals surface area contributed by atoms with Gasteiger partial charge in [-0.3, -0.25) is 19.8 Å². The average Bonchev–Trinajstić information content (AvgIpc) is 3.62. The molecule has 0 N–H and O–H groups in total. The molecule has 0 bridgehead atoms. The molecule has 6 rings (SSSR count). The summed E-state index contributed by atoms with van der Waals surface area (Å²) in [5.41, 5.74) is 0.711. The number of rotatable bonds is 8. The minimum absolute atomic E-state index is 0.00848. The molecular formula is C26H27FN6O6. The van der Waals surface area contributed by atoms with Gasteiger partial charge in [0, 0.05) is 19.2 Å². The summed E-state index contributed by atoms with van der Waals surface area (Å²) in [6.45, 7) is 2.70. The molecule has 0 atom stereocenters. The normalized spacial score (nSPS) is 19.8. The molecule has 1 aliphatic heterocycles. The van der Waals surface area contributed by atoms with Gasteiger partial charge in [-0.15, -0.1) is 0 Å². The second-order valence-corrected chi connectivity index (χ2v) is 9.60. The minimum Gasteiger partial charge on any atom is -0.484 e. The van der Waals surface area contributed by atoms with Crippen molar-refractivity contribution in [3.05, 3.63) is 64.5 Å². The fraction of sp³-hybridized carbons (Fsp3) is 0.423. The van der Waals surface area contributed by atoms with E-state index < -0.39 is 4.92 Å². The molecule has 2 aliphatic rings. The number of fused-ring (bicyclic) bond motifs is 1. The first kappa shape index (κ1) is 25.0. The molecule has 1 saturated carbocycles. The zero-order chi connectivity index (χ0) is 26.8. The van der Waals surface area contributed by atoms with Crippen molar-refractivity contribution in [2.24, 2.45) is 0 Å². The van der Waals surface area contributed by atoms with Crippen LogP contribution in [0.1, 0.15) is 37.5 Å². The summed E-state index contributed by atoms with van der Waals surface area (Å²) in [6, 6.07) is 6.67. The van der Waals surface area contributed by atoms with Crippen molar-refractivity contribution in [1.29, 1.82) is 0 Å². The van der Waals surface area contributed by atoms with Crippen LogP contribution in [-0.4, -0.2) is 57.1 Å². The Hall–Kier alpha value is -4.26. The molecule has 5 heterocycles. The number of halogens is 1. The minimum atomic E-state index is -0.594. The molecule has 2 fully saturated rings. The molecule has 12 nitrogen and oxygen atoms in total. The van der Waals surface area contributed by atoms with Crippen LogP contribution in [0.15, 0.2) is 47.3 Å². The van der Waals surface area contributed by atoms with Gasteiger partial charge in [-0.2, -0.15) is 10.1 Å². The van der Waals surface area contributed by atoms with Crippen molar-refractivity contribution in [1.82, 2.24) is 19.7 Å². The number of hydrogen-bond donors (Lipinski definition) is 0. The standard InChI is InChI=1S/C26H27FN6O6/c27-17-13-29-32(15-17)18-1-3-19(4-2-18)39-26-22-11-21(37-16-20-5-6-25(38-20)33(34)35)14-28-23(22)12-24(30-26)31-7-9-36-10-8-31/h5-6,11-15,18-19H,1-4,7-10,16H2. The van der Waals surface area contributed by atoms with Gasteiger partial charge in [0.25, 0.3) is 0 Å². The smallest absolute Gasteiger partial charge is 0.433 e. The molecule has 13 heteroatoms. The molecule has 39 heavy (non-hydrogen) atoms. The number of morpholine rings is 1. The molecule has 1 aliphatic carbocycles. The Kier molecular flexibility index (Phi) is 6.97. The Bertz CT molecular complexity index is 1460. The Balaban J connectivity index is 1.22. The number of nitro groups is 1. The van der Waals surface area contributed by atoms with Crippen LogP contribution in [0.4, 0.5) is 16.1 Å². The predicted octanol–water partition coefficient (Wildman–Crippen LogP) is 4.44. The molecule has 0 aromatic carbocycles. The lowest BCUT2D eigenvalue weighted by molar-refractivity contribution is -0.402. The molecule has 4 aromatic heterocycles. The van der Waals surface area contributed by atoms with E-state index in [-0.39, 0.29) is 30.5 Å². The third-order valence-corrected chi connectivity index (χ3v) is 7.02. The van der Waals surface area contributed by atoms with Crippen LogP contribution < -0.4 is 14.4 Å². The van der Waals surface area contributed by atoms with Gasteiger partial charge in [0.15, 0.2) is 5.82 Å². The quantitative estimate of drug-likeness (QED) is 0.234. The van der Waals surface area contributed by atoms with Crippen LogP contribution in [0.3, 0.4) is 0 Å². The maximum absolute atomic E-state index is 13.4.